The maximum atomic E-state index is 13.5. The molecule has 1 saturated heterocycles. The number of halogens is 4. The van der Waals surface area contributed by atoms with E-state index in [2.05, 4.69) is 15.3 Å². The molecule has 1 aromatic carbocycles. The van der Waals surface area contributed by atoms with E-state index in [1.165, 1.54) is 41.4 Å². The summed E-state index contributed by atoms with van der Waals surface area (Å²) in [5.41, 5.74) is 0.827. The third kappa shape index (κ3) is 3.87. The van der Waals surface area contributed by atoms with Crippen LogP contribution in [0.4, 0.5) is 28.0 Å². The molecule has 0 bridgehead atoms. The summed E-state index contributed by atoms with van der Waals surface area (Å²) < 4.78 is 54.6. The fourth-order valence-electron chi connectivity index (χ4n) is 3.54. The highest BCUT2D eigenvalue weighted by Gasteiger charge is 2.40. The van der Waals surface area contributed by atoms with Crippen molar-refractivity contribution in [1.82, 2.24) is 19.4 Å². The Labute approximate surface area is 163 Å². The van der Waals surface area contributed by atoms with Gasteiger partial charge in [-0.3, -0.25) is 0 Å². The van der Waals surface area contributed by atoms with Gasteiger partial charge in [-0.2, -0.15) is 13.2 Å². The predicted octanol–water partition coefficient (Wildman–Crippen LogP) is 4.46. The molecule has 0 unspecified atom stereocenters. The quantitative estimate of drug-likeness (QED) is 0.638. The standard InChI is InChI=1S/C19H17F4N5O/c20-12-3-5-13(6-4-12)25-18(29)27-10-7-14(8-11-27)28-16-15(2-1-9-24-16)26-17(28)19(21,22)23/h1-6,9,14H,7-8,10-11H2,(H,25,29). The van der Waals surface area contributed by atoms with Crippen LogP contribution in [0.1, 0.15) is 24.7 Å². The van der Waals surface area contributed by atoms with Crippen LogP contribution in [0.15, 0.2) is 42.6 Å². The molecule has 0 radical (unpaired) electrons. The Hall–Kier alpha value is -3.17. The van der Waals surface area contributed by atoms with E-state index < -0.39 is 23.9 Å². The van der Waals surface area contributed by atoms with Crippen LogP contribution in [0.2, 0.25) is 0 Å². The molecule has 2 aromatic heterocycles. The van der Waals surface area contributed by atoms with Crippen molar-refractivity contribution in [2.45, 2.75) is 25.1 Å². The maximum Gasteiger partial charge on any atom is 0.449 e. The topological polar surface area (TPSA) is 63.1 Å². The number of piperidine rings is 1. The lowest BCUT2D eigenvalue weighted by molar-refractivity contribution is -0.147. The van der Waals surface area contributed by atoms with Crippen molar-refractivity contribution in [2.75, 3.05) is 18.4 Å². The number of imidazole rings is 1. The number of nitrogens with one attached hydrogen (secondary N) is 1. The van der Waals surface area contributed by atoms with Crippen LogP contribution >= 0.6 is 0 Å². The summed E-state index contributed by atoms with van der Waals surface area (Å²) in [5, 5.41) is 2.66. The number of hydrogen-bond acceptors (Lipinski definition) is 3. The molecule has 3 heterocycles. The molecule has 0 atom stereocenters. The van der Waals surface area contributed by atoms with E-state index in [4.69, 9.17) is 0 Å². The summed E-state index contributed by atoms with van der Waals surface area (Å²) >= 11 is 0. The molecule has 0 spiro atoms. The van der Waals surface area contributed by atoms with Gasteiger partial charge in [-0.15, -0.1) is 0 Å². The molecule has 4 rings (SSSR count). The number of likely N-dealkylation sites (tertiary alicyclic amines) is 1. The number of urea groups is 1. The second-order valence-corrected chi connectivity index (χ2v) is 6.80. The molecule has 1 aliphatic rings. The number of alkyl halides is 3. The number of amides is 2. The number of rotatable bonds is 2. The third-order valence-electron chi connectivity index (χ3n) is 4.91. The molecule has 152 valence electrons. The Morgan fingerprint density at radius 3 is 2.45 bits per heavy atom. The fourth-order valence-corrected chi connectivity index (χ4v) is 3.54. The van der Waals surface area contributed by atoms with E-state index in [1.807, 2.05) is 0 Å². The monoisotopic (exact) mass is 407 g/mol. The summed E-state index contributed by atoms with van der Waals surface area (Å²) in [6, 6.07) is 7.55. The lowest BCUT2D eigenvalue weighted by Gasteiger charge is -2.33. The number of anilines is 1. The Balaban J connectivity index is 1.50. The van der Waals surface area contributed by atoms with Crippen molar-refractivity contribution in [3.63, 3.8) is 0 Å². The number of aromatic nitrogens is 3. The van der Waals surface area contributed by atoms with Crippen molar-refractivity contribution in [1.29, 1.82) is 0 Å². The first-order valence-corrected chi connectivity index (χ1v) is 9.04. The number of carbonyl (C=O) groups is 1. The summed E-state index contributed by atoms with van der Waals surface area (Å²) in [5.74, 6) is -1.38. The number of benzene rings is 1. The van der Waals surface area contributed by atoms with E-state index >= 15 is 0 Å². The molecule has 10 heteroatoms. The zero-order chi connectivity index (χ0) is 20.6. The second-order valence-electron chi connectivity index (χ2n) is 6.80. The second kappa shape index (κ2) is 7.34. The summed E-state index contributed by atoms with van der Waals surface area (Å²) in [7, 11) is 0. The molecule has 1 aliphatic heterocycles. The highest BCUT2D eigenvalue weighted by Crippen LogP contribution is 2.36. The smallest absolute Gasteiger partial charge is 0.324 e. The van der Waals surface area contributed by atoms with Gasteiger partial charge in [-0.1, -0.05) is 0 Å². The normalized spacial score (nSPS) is 15.7. The van der Waals surface area contributed by atoms with Crippen molar-refractivity contribution in [3.8, 4) is 0 Å². The minimum absolute atomic E-state index is 0.189. The Kier molecular flexibility index (Phi) is 4.85. The fraction of sp³-hybridized carbons (Fsp3) is 0.316. The molecular formula is C19H17F4N5O. The number of carbonyl (C=O) groups excluding carboxylic acids is 1. The molecule has 0 aliphatic carbocycles. The highest BCUT2D eigenvalue weighted by atomic mass is 19.4. The van der Waals surface area contributed by atoms with Gasteiger partial charge in [0.25, 0.3) is 0 Å². The van der Waals surface area contributed by atoms with Gasteiger partial charge < -0.3 is 14.8 Å². The molecular weight excluding hydrogens is 390 g/mol. The van der Waals surface area contributed by atoms with E-state index in [0.29, 0.717) is 18.5 Å². The highest BCUT2D eigenvalue weighted by molar-refractivity contribution is 5.89. The first-order valence-electron chi connectivity index (χ1n) is 9.04. The first-order chi connectivity index (χ1) is 13.8. The van der Waals surface area contributed by atoms with Gasteiger partial charge in [0.1, 0.15) is 11.3 Å². The van der Waals surface area contributed by atoms with E-state index in [0.717, 1.165) is 4.57 Å². The molecule has 3 aromatic rings. The molecule has 1 fully saturated rings. The average Bonchev–Trinajstić information content (AvgIpc) is 3.10. The summed E-state index contributed by atoms with van der Waals surface area (Å²) in [6.07, 6.45) is -2.49. The van der Waals surface area contributed by atoms with Crippen LogP contribution < -0.4 is 5.32 Å². The number of hydrogen-bond donors (Lipinski definition) is 1. The number of nitrogens with zero attached hydrogens (tertiary/aromatic N) is 4. The van der Waals surface area contributed by atoms with Gasteiger partial charge in [-0.05, 0) is 49.2 Å². The van der Waals surface area contributed by atoms with Gasteiger partial charge in [0.15, 0.2) is 5.65 Å². The van der Waals surface area contributed by atoms with Crippen LogP contribution in [0.5, 0.6) is 0 Å². The first kappa shape index (κ1) is 19.2. The van der Waals surface area contributed by atoms with Crippen molar-refractivity contribution in [2.24, 2.45) is 0 Å². The molecule has 0 saturated carbocycles. The zero-order valence-electron chi connectivity index (χ0n) is 15.2. The summed E-state index contributed by atoms with van der Waals surface area (Å²) in [6.45, 7) is 0.559. The van der Waals surface area contributed by atoms with Gasteiger partial charge >= 0.3 is 12.2 Å². The number of fused-ring (bicyclic) bond motifs is 1. The van der Waals surface area contributed by atoms with Gasteiger partial charge in [0, 0.05) is 31.0 Å². The Morgan fingerprint density at radius 1 is 1.10 bits per heavy atom. The maximum absolute atomic E-state index is 13.5. The molecule has 2 amide bonds. The van der Waals surface area contributed by atoms with Crippen molar-refractivity contribution < 1.29 is 22.4 Å². The number of pyridine rings is 1. The lowest BCUT2D eigenvalue weighted by atomic mass is 10.0. The van der Waals surface area contributed by atoms with Crippen molar-refractivity contribution >= 4 is 22.9 Å². The van der Waals surface area contributed by atoms with Crippen LogP contribution in [-0.4, -0.2) is 38.6 Å². The SMILES string of the molecule is O=C(Nc1ccc(F)cc1)N1CCC(n2c(C(F)(F)F)nc3cccnc32)CC1. The Morgan fingerprint density at radius 2 is 1.79 bits per heavy atom. The molecule has 6 nitrogen and oxygen atoms in total. The molecule has 1 N–H and O–H groups in total. The zero-order valence-corrected chi connectivity index (χ0v) is 15.2. The minimum Gasteiger partial charge on any atom is -0.324 e. The summed E-state index contributed by atoms with van der Waals surface area (Å²) in [4.78, 5) is 21.7. The Bertz CT molecular complexity index is 1020. The van der Waals surface area contributed by atoms with Crippen LogP contribution in [0.25, 0.3) is 11.2 Å². The third-order valence-corrected chi connectivity index (χ3v) is 4.91. The largest absolute Gasteiger partial charge is 0.449 e. The van der Waals surface area contributed by atoms with Crippen molar-refractivity contribution in [3.05, 3.63) is 54.2 Å². The predicted molar refractivity (Wildman–Crippen MR) is 97.8 cm³/mol. The van der Waals surface area contributed by atoms with E-state index in [-0.39, 0.29) is 30.3 Å². The van der Waals surface area contributed by atoms with Crippen LogP contribution in [0, 0.1) is 5.82 Å². The van der Waals surface area contributed by atoms with E-state index in [1.54, 1.807) is 6.07 Å². The molecule has 29 heavy (non-hydrogen) atoms. The van der Waals surface area contributed by atoms with E-state index in [9.17, 15) is 22.4 Å². The van der Waals surface area contributed by atoms with Gasteiger partial charge in [0.05, 0.1) is 0 Å². The minimum atomic E-state index is -4.60. The lowest BCUT2D eigenvalue weighted by Crippen LogP contribution is -2.42. The van der Waals surface area contributed by atoms with Crippen LogP contribution in [0.3, 0.4) is 0 Å². The van der Waals surface area contributed by atoms with Gasteiger partial charge in [-0.25, -0.2) is 19.2 Å². The average molecular weight is 407 g/mol. The van der Waals surface area contributed by atoms with Gasteiger partial charge in [0.2, 0.25) is 5.82 Å². The van der Waals surface area contributed by atoms with Crippen LogP contribution in [-0.2, 0) is 6.18 Å².